The van der Waals surface area contributed by atoms with Crippen LogP contribution in [-0.4, -0.2) is 35.1 Å². The molecule has 7 heteroatoms. The molecule has 20 heavy (non-hydrogen) atoms. The third-order valence-electron chi connectivity index (χ3n) is 2.71. The van der Waals surface area contributed by atoms with E-state index in [4.69, 9.17) is 11.5 Å². The second kappa shape index (κ2) is 5.87. The van der Waals surface area contributed by atoms with Crippen molar-refractivity contribution in [3.05, 3.63) is 36.0 Å². The van der Waals surface area contributed by atoms with E-state index in [0.29, 0.717) is 18.8 Å². The number of carbonyl (C=O) groups is 1. The molecule has 0 aliphatic heterocycles. The number of carboxylic acids is 1. The van der Waals surface area contributed by atoms with Crippen molar-refractivity contribution in [1.82, 2.24) is 4.98 Å². The summed E-state index contributed by atoms with van der Waals surface area (Å²) in [6.45, 7) is 0.782. The number of aromatic carboxylic acids is 1. The second-order valence-corrected chi connectivity index (χ2v) is 4.10. The van der Waals surface area contributed by atoms with Crippen molar-refractivity contribution in [2.75, 3.05) is 18.4 Å². The molecule has 0 bridgehead atoms. The van der Waals surface area contributed by atoms with E-state index in [9.17, 15) is 9.90 Å². The highest BCUT2D eigenvalue weighted by Crippen LogP contribution is 2.25. The van der Waals surface area contributed by atoms with Crippen LogP contribution in [0.1, 0.15) is 10.4 Å². The van der Waals surface area contributed by atoms with Crippen molar-refractivity contribution in [2.45, 2.75) is 0 Å². The number of aliphatic imine (C=N–C) groups is 1. The van der Waals surface area contributed by atoms with Gasteiger partial charge in [-0.3, -0.25) is 9.98 Å². The molecule has 0 unspecified atom stereocenters. The van der Waals surface area contributed by atoms with E-state index >= 15 is 0 Å². The van der Waals surface area contributed by atoms with Crippen molar-refractivity contribution in [3.63, 3.8) is 0 Å². The first-order chi connectivity index (χ1) is 9.59. The molecule has 6 N–H and O–H groups in total. The van der Waals surface area contributed by atoms with Gasteiger partial charge in [0.05, 0.1) is 17.7 Å². The maximum Gasteiger partial charge on any atom is 0.339 e. The number of nitrogens with one attached hydrogen (secondary N) is 1. The van der Waals surface area contributed by atoms with Crippen molar-refractivity contribution in [2.24, 2.45) is 16.5 Å². The Hall–Kier alpha value is -2.83. The number of anilines is 1. The minimum Gasteiger partial charge on any atom is -0.478 e. The third kappa shape index (κ3) is 2.94. The van der Waals surface area contributed by atoms with Crippen LogP contribution < -0.4 is 16.8 Å². The van der Waals surface area contributed by atoms with Crippen LogP contribution in [0.15, 0.2) is 35.5 Å². The molecule has 0 saturated heterocycles. The summed E-state index contributed by atoms with van der Waals surface area (Å²) in [6, 6.07) is 7.32. The number of hydrogen-bond donors (Lipinski definition) is 4. The van der Waals surface area contributed by atoms with Gasteiger partial charge in [0.1, 0.15) is 5.56 Å². The van der Waals surface area contributed by atoms with Crippen LogP contribution in [0.4, 0.5) is 5.69 Å². The number of fused-ring (bicyclic) bond motifs is 1. The predicted molar refractivity (Wildman–Crippen MR) is 77.9 cm³/mol. The first-order valence-corrected chi connectivity index (χ1v) is 6.00. The number of nitrogens with two attached hydrogens (primary N) is 2. The summed E-state index contributed by atoms with van der Waals surface area (Å²) in [4.78, 5) is 19.2. The molecule has 0 aliphatic rings. The van der Waals surface area contributed by atoms with Gasteiger partial charge < -0.3 is 21.9 Å². The molecule has 0 aliphatic carbocycles. The molecule has 1 aromatic carbocycles. The largest absolute Gasteiger partial charge is 0.478 e. The first kappa shape index (κ1) is 13.6. The highest BCUT2D eigenvalue weighted by atomic mass is 16.4. The number of hydrogen-bond acceptors (Lipinski definition) is 4. The quantitative estimate of drug-likeness (QED) is 0.359. The number of nitrogens with zero attached hydrogens (tertiary/aromatic N) is 2. The van der Waals surface area contributed by atoms with E-state index in [2.05, 4.69) is 15.3 Å². The summed E-state index contributed by atoms with van der Waals surface area (Å²) in [7, 11) is 0. The lowest BCUT2D eigenvalue weighted by atomic mass is 10.1. The lowest BCUT2D eigenvalue weighted by Crippen LogP contribution is -2.24. The lowest BCUT2D eigenvalue weighted by Gasteiger charge is -2.11. The molecule has 0 atom stereocenters. The van der Waals surface area contributed by atoms with Gasteiger partial charge >= 0.3 is 5.97 Å². The Labute approximate surface area is 115 Å². The molecular formula is C13H15N5O2. The standard InChI is InChI=1S/C13H15N5O2/c14-13(15)17-6-5-16-11-8-3-1-2-4-10(8)18-7-9(11)12(19)20/h1-4,7H,5-6H2,(H,16,18)(H,19,20)(H4,14,15,17). The summed E-state index contributed by atoms with van der Waals surface area (Å²) in [5, 5.41) is 13.0. The van der Waals surface area contributed by atoms with E-state index in [1.165, 1.54) is 6.20 Å². The number of pyridine rings is 1. The number of carboxylic acid groups (broad SMARTS) is 1. The van der Waals surface area contributed by atoms with E-state index in [1.54, 1.807) is 0 Å². The molecule has 104 valence electrons. The fourth-order valence-corrected chi connectivity index (χ4v) is 1.86. The smallest absolute Gasteiger partial charge is 0.339 e. The number of benzene rings is 1. The van der Waals surface area contributed by atoms with Crippen LogP contribution in [0, 0.1) is 0 Å². The van der Waals surface area contributed by atoms with Crippen LogP contribution in [0.5, 0.6) is 0 Å². The summed E-state index contributed by atoms with van der Waals surface area (Å²) in [5.74, 6) is -1.03. The van der Waals surface area contributed by atoms with E-state index in [-0.39, 0.29) is 11.5 Å². The Morgan fingerprint density at radius 2 is 2.10 bits per heavy atom. The molecule has 0 radical (unpaired) electrons. The average molecular weight is 273 g/mol. The van der Waals surface area contributed by atoms with Gasteiger partial charge in [-0.25, -0.2) is 4.79 Å². The SMILES string of the molecule is NC(N)=NCCNc1c(C(=O)O)cnc2ccccc12. The van der Waals surface area contributed by atoms with E-state index in [0.717, 1.165) is 10.9 Å². The minimum absolute atomic E-state index is 0.00449. The molecule has 2 aromatic rings. The van der Waals surface area contributed by atoms with E-state index in [1.807, 2.05) is 24.3 Å². The Kier molecular flexibility index (Phi) is 3.99. The van der Waals surface area contributed by atoms with Crippen LogP contribution in [-0.2, 0) is 0 Å². The van der Waals surface area contributed by atoms with Crippen molar-refractivity contribution in [1.29, 1.82) is 0 Å². The number of para-hydroxylation sites is 1. The van der Waals surface area contributed by atoms with Gasteiger partial charge in [-0.05, 0) is 6.07 Å². The zero-order valence-electron chi connectivity index (χ0n) is 10.7. The summed E-state index contributed by atoms with van der Waals surface area (Å²) >= 11 is 0. The Bertz CT molecular complexity index is 665. The molecule has 2 rings (SSSR count). The molecule has 1 aromatic heterocycles. The van der Waals surface area contributed by atoms with Gasteiger partial charge in [-0.15, -0.1) is 0 Å². The second-order valence-electron chi connectivity index (χ2n) is 4.10. The summed E-state index contributed by atoms with van der Waals surface area (Å²) in [6.07, 6.45) is 1.34. The highest BCUT2D eigenvalue weighted by molar-refractivity contribution is 6.04. The van der Waals surface area contributed by atoms with Crippen LogP contribution in [0.25, 0.3) is 10.9 Å². The zero-order chi connectivity index (χ0) is 14.5. The molecule has 7 nitrogen and oxygen atoms in total. The van der Waals surface area contributed by atoms with Gasteiger partial charge in [0.2, 0.25) is 0 Å². The Balaban J connectivity index is 2.34. The van der Waals surface area contributed by atoms with E-state index < -0.39 is 5.97 Å². The van der Waals surface area contributed by atoms with Crippen molar-refractivity contribution < 1.29 is 9.90 Å². The molecule has 0 amide bonds. The van der Waals surface area contributed by atoms with Crippen molar-refractivity contribution in [3.8, 4) is 0 Å². The van der Waals surface area contributed by atoms with Crippen LogP contribution in [0.2, 0.25) is 0 Å². The normalized spacial score (nSPS) is 10.2. The average Bonchev–Trinajstić information content (AvgIpc) is 2.42. The van der Waals surface area contributed by atoms with Crippen molar-refractivity contribution >= 4 is 28.5 Å². The monoisotopic (exact) mass is 273 g/mol. The Morgan fingerprint density at radius 1 is 1.35 bits per heavy atom. The topological polar surface area (TPSA) is 127 Å². The summed E-state index contributed by atoms with van der Waals surface area (Å²) in [5.41, 5.74) is 11.8. The molecule has 0 spiro atoms. The van der Waals surface area contributed by atoms with Crippen LogP contribution >= 0.6 is 0 Å². The van der Waals surface area contributed by atoms with Gasteiger partial charge in [0.15, 0.2) is 5.96 Å². The minimum atomic E-state index is -1.03. The van der Waals surface area contributed by atoms with Gasteiger partial charge in [-0.2, -0.15) is 0 Å². The lowest BCUT2D eigenvalue weighted by molar-refractivity contribution is 0.0697. The maximum absolute atomic E-state index is 11.3. The first-order valence-electron chi connectivity index (χ1n) is 6.00. The number of aromatic nitrogens is 1. The Morgan fingerprint density at radius 3 is 2.80 bits per heavy atom. The predicted octanol–water partition coefficient (Wildman–Crippen LogP) is 0.618. The number of rotatable bonds is 5. The fraction of sp³-hybridized carbons (Fsp3) is 0.154. The zero-order valence-corrected chi connectivity index (χ0v) is 10.7. The van der Waals surface area contributed by atoms with Gasteiger partial charge in [-0.1, -0.05) is 18.2 Å². The molecule has 0 saturated carbocycles. The van der Waals surface area contributed by atoms with Crippen LogP contribution in [0.3, 0.4) is 0 Å². The van der Waals surface area contributed by atoms with Gasteiger partial charge in [0, 0.05) is 18.1 Å². The summed E-state index contributed by atoms with van der Waals surface area (Å²) < 4.78 is 0. The fourth-order valence-electron chi connectivity index (χ4n) is 1.86. The van der Waals surface area contributed by atoms with Gasteiger partial charge in [0.25, 0.3) is 0 Å². The third-order valence-corrected chi connectivity index (χ3v) is 2.71. The molecule has 1 heterocycles. The highest BCUT2D eigenvalue weighted by Gasteiger charge is 2.13. The maximum atomic E-state index is 11.3. The molecular weight excluding hydrogens is 258 g/mol. The number of guanidine groups is 1. The molecule has 0 fully saturated rings.